The molecule has 20 heavy (non-hydrogen) atoms. The first-order valence-corrected chi connectivity index (χ1v) is 8.72. The topological polar surface area (TPSA) is 55.1 Å². The number of carbonyl (C=O) groups is 1. The summed E-state index contributed by atoms with van der Waals surface area (Å²) in [4.78, 5) is 12.6. The van der Waals surface area contributed by atoms with E-state index in [1.807, 2.05) is 0 Å². The fourth-order valence-corrected chi connectivity index (χ4v) is 4.97. The molecule has 2 bridgehead atoms. The molecule has 4 unspecified atom stereocenters. The van der Waals surface area contributed by atoms with Crippen LogP contribution in [0.5, 0.6) is 0 Å². The zero-order valence-electron chi connectivity index (χ0n) is 12.8. The molecule has 0 aromatic rings. The van der Waals surface area contributed by atoms with Crippen molar-refractivity contribution < 1.29 is 4.79 Å². The monoisotopic (exact) mass is 278 g/mol. The van der Waals surface area contributed by atoms with Crippen molar-refractivity contribution in [2.75, 3.05) is 0 Å². The Morgan fingerprint density at radius 1 is 1.05 bits per heavy atom. The Morgan fingerprint density at radius 3 is 2.30 bits per heavy atom. The summed E-state index contributed by atoms with van der Waals surface area (Å²) in [6.45, 7) is 2.20. The van der Waals surface area contributed by atoms with Crippen LogP contribution in [0, 0.1) is 23.7 Å². The number of nitrogens with one attached hydrogen (secondary N) is 1. The SMILES string of the molecule is C[C@H](NC(=O)C1C2CCC(C2)C1N)C1CCCCCC1. The summed E-state index contributed by atoms with van der Waals surface area (Å²) in [6.07, 6.45) is 11.6. The number of amides is 1. The van der Waals surface area contributed by atoms with E-state index in [0.29, 0.717) is 23.8 Å². The van der Waals surface area contributed by atoms with E-state index in [9.17, 15) is 4.79 Å². The molecule has 3 heteroatoms. The largest absolute Gasteiger partial charge is 0.353 e. The molecule has 114 valence electrons. The van der Waals surface area contributed by atoms with Gasteiger partial charge in [-0.15, -0.1) is 0 Å². The van der Waals surface area contributed by atoms with Crippen LogP contribution in [0.4, 0.5) is 0 Å². The van der Waals surface area contributed by atoms with Gasteiger partial charge in [0.15, 0.2) is 0 Å². The molecule has 3 N–H and O–H groups in total. The standard InChI is InChI=1S/C17H30N2O/c1-11(12-6-4-2-3-5-7-12)19-17(20)15-13-8-9-14(10-13)16(15)18/h11-16H,2-10,18H2,1H3,(H,19,20)/t11-,13?,14?,15?,16?/m0/s1. The van der Waals surface area contributed by atoms with Gasteiger partial charge in [0, 0.05) is 12.1 Å². The van der Waals surface area contributed by atoms with Crippen LogP contribution < -0.4 is 11.1 Å². The average Bonchev–Trinajstić information content (AvgIpc) is 2.89. The van der Waals surface area contributed by atoms with Gasteiger partial charge in [0.1, 0.15) is 0 Å². The third-order valence-corrected chi connectivity index (χ3v) is 6.26. The lowest BCUT2D eigenvalue weighted by Gasteiger charge is -2.30. The number of rotatable bonds is 3. The van der Waals surface area contributed by atoms with Gasteiger partial charge in [-0.3, -0.25) is 4.79 Å². The van der Waals surface area contributed by atoms with Crippen molar-refractivity contribution in [3.63, 3.8) is 0 Å². The lowest BCUT2D eigenvalue weighted by Crippen LogP contribution is -2.49. The molecule has 3 rings (SSSR count). The lowest BCUT2D eigenvalue weighted by molar-refractivity contribution is -0.128. The van der Waals surface area contributed by atoms with Gasteiger partial charge in [-0.05, 0) is 56.8 Å². The number of nitrogens with two attached hydrogens (primary N) is 1. The van der Waals surface area contributed by atoms with Crippen molar-refractivity contribution >= 4 is 5.91 Å². The van der Waals surface area contributed by atoms with Gasteiger partial charge < -0.3 is 11.1 Å². The normalized spacial score (nSPS) is 39.5. The summed E-state index contributed by atoms with van der Waals surface area (Å²) in [7, 11) is 0. The van der Waals surface area contributed by atoms with Crippen LogP contribution in [0.2, 0.25) is 0 Å². The van der Waals surface area contributed by atoms with Crippen LogP contribution in [0.1, 0.15) is 64.7 Å². The minimum atomic E-state index is 0.0991. The Bertz CT molecular complexity index is 347. The molecule has 3 nitrogen and oxygen atoms in total. The summed E-state index contributed by atoms with van der Waals surface area (Å²) < 4.78 is 0. The van der Waals surface area contributed by atoms with Crippen molar-refractivity contribution in [2.24, 2.45) is 29.4 Å². The second-order valence-corrected chi connectivity index (χ2v) is 7.49. The zero-order valence-corrected chi connectivity index (χ0v) is 12.8. The predicted octanol–water partition coefficient (Wildman–Crippen LogP) is 2.83. The summed E-state index contributed by atoms with van der Waals surface area (Å²) in [6, 6.07) is 0.446. The molecule has 0 radical (unpaired) electrons. The van der Waals surface area contributed by atoms with E-state index in [-0.39, 0.29) is 17.9 Å². The Balaban J connectivity index is 1.55. The zero-order chi connectivity index (χ0) is 14.1. The fourth-order valence-electron chi connectivity index (χ4n) is 4.97. The van der Waals surface area contributed by atoms with E-state index in [2.05, 4.69) is 12.2 Å². The molecule has 0 heterocycles. The fraction of sp³-hybridized carbons (Fsp3) is 0.941. The first kappa shape index (κ1) is 14.4. The van der Waals surface area contributed by atoms with E-state index in [4.69, 9.17) is 5.73 Å². The van der Waals surface area contributed by atoms with Gasteiger partial charge in [0.25, 0.3) is 0 Å². The minimum Gasteiger partial charge on any atom is -0.353 e. The molecule has 3 aliphatic rings. The summed E-state index contributed by atoms with van der Waals surface area (Å²) in [5.41, 5.74) is 6.28. The van der Waals surface area contributed by atoms with Gasteiger partial charge in [0.05, 0.1) is 5.92 Å². The first-order valence-electron chi connectivity index (χ1n) is 8.72. The number of hydrogen-bond donors (Lipinski definition) is 2. The molecule has 0 aromatic heterocycles. The third-order valence-electron chi connectivity index (χ3n) is 6.26. The second kappa shape index (κ2) is 6.05. The van der Waals surface area contributed by atoms with Crippen LogP contribution >= 0.6 is 0 Å². The van der Waals surface area contributed by atoms with Crippen LogP contribution in [-0.2, 0) is 4.79 Å². The molecule has 1 amide bonds. The molecular weight excluding hydrogens is 248 g/mol. The molecule has 3 aliphatic carbocycles. The van der Waals surface area contributed by atoms with Crippen LogP contribution in [0.15, 0.2) is 0 Å². The number of carbonyl (C=O) groups excluding carboxylic acids is 1. The molecule has 3 fully saturated rings. The van der Waals surface area contributed by atoms with E-state index >= 15 is 0 Å². The van der Waals surface area contributed by atoms with Crippen molar-refractivity contribution in [1.82, 2.24) is 5.32 Å². The highest BCUT2D eigenvalue weighted by molar-refractivity contribution is 5.80. The maximum Gasteiger partial charge on any atom is 0.225 e. The van der Waals surface area contributed by atoms with Crippen molar-refractivity contribution in [1.29, 1.82) is 0 Å². The first-order chi connectivity index (χ1) is 9.66. The van der Waals surface area contributed by atoms with Crippen molar-refractivity contribution in [3.05, 3.63) is 0 Å². The Morgan fingerprint density at radius 2 is 1.70 bits per heavy atom. The van der Waals surface area contributed by atoms with Crippen LogP contribution in [0.25, 0.3) is 0 Å². The molecule has 0 aliphatic heterocycles. The van der Waals surface area contributed by atoms with E-state index in [1.165, 1.54) is 57.8 Å². The summed E-state index contributed by atoms with van der Waals surface area (Å²) in [5.74, 6) is 2.21. The summed E-state index contributed by atoms with van der Waals surface area (Å²) >= 11 is 0. The number of fused-ring (bicyclic) bond motifs is 2. The van der Waals surface area contributed by atoms with Crippen molar-refractivity contribution in [2.45, 2.75) is 76.8 Å². The van der Waals surface area contributed by atoms with Gasteiger partial charge in [-0.2, -0.15) is 0 Å². The lowest BCUT2D eigenvalue weighted by atomic mass is 9.83. The molecule has 0 spiro atoms. The molecular formula is C17H30N2O. The summed E-state index contributed by atoms with van der Waals surface area (Å²) in [5, 5.41) is 3.32. The van der Waals surface area contributed by atoms with E-state index in [1.54, 1.807) is 0 Å². The molecule has 0 saturated heterocycles. The predicted molar refractivity (Wildman–Crippen MR) is 81.1 cm³/mol. The third kappa shape index (κ3) is 2.74. The second-order valence-electron chi connectivity index (χ2n) is 7.49. The quantitative estimate of drug-likeness (QED) is 0.780. The Kier molecular flexibility index (Phi) is 4.34. The minimum absolute atomic E-state index is 0.0991. The maximum atomic E-state index is 12.6. The van der Waals surface area contributed by atoms with Crippen LogP contribution in [0.3, 0.4) is 0 Å². The molecule has 0 aromatic carbocycles. The van der Waals surface area contributed by atoms with Crippen LogP contribution in [-0.4, -0.2) is 18.0 Å². The smallest absolute Gasteiger partial charge is 0.225 e. The van der Waals surface area contributed by atoms with Gasteiger partial charge in [-0.25, -0.2) is 0 Å². The highest BCUT2D eigenvalue weighted by atomic mass is 16.2. The van der Waals surface area contributed by atoms with E-state index in [0.717, 1.165) is 0 Å². The number of hydrogen-bond acceptors (Lipinski definition) is 2. The Hall–Kier alpha value is -0.570. The highest BCUT2D eigenvalue weighted by Crippen LogP contribution is 2.47. The molecule has 3 saturated carbocycles. The Labute approximate surface area is 123 Å². The van der Waals surface area contributed by atoms with Crippen molar-refractivity contribution in [3.8, 4) is 0 Å². The maximum absolute atomic E-state index is 12.6. The molecule has 5 atom stereocenters. The average molecular weight is 278 g/mol. The highest BCUT2D eigenvalue weighted by Gasteiger charge is 2.49. The van der Waals surface area contributed by atoms with E-state index < -0.39 is 0 Å². The van der Waals surface area contributed by atoms with Gasteiger partial charge in [-0.1, -0.05) is 25.7 Å². The van der Waals surface area contributed by atoms with Gasteiger partial charge in [0.2, 0.25) is 5.91 Å². The van der Waals surface area contributed by atoms with Gasteiger partial charge >= 0.3 is 0 Å².